The monoisotopic (exact) mass is 347 g/mol. The number of aliphatic carboxylic acids is 1. The van der Waals surface area contributed by atoms with Gasteiger partial charge in [0.2, 0.25) is 0 Å². The van der Waals surface area contributed by atoms with Crippen molar-refractivity contribution in [3.63, 3.8) is 0 Å². The van der Waals surface area contributed by atoms with Crippen LogP contribution in [0.15, 0.2) is 48.9 Å². The molecule has 4 atom stereocenters. The molecule has 2 aliphatic rings. The minimum absolute atomic E-state index is 0.0386. The van der Waals surface area contributed by atoms with Crippen molar-refractivity contribution in [3.05, 3.63) is 48.9 Å². The zero-order valence-corrected chi connectivity index (χ0v) is 14.9. The Morgan fingerprint density at radius 1 is 1.44 bits per heavy atom. The van der Waals surface area contributed by atoms with Crippen molar-refractivity contribution in [2.45, 2.75) is 32.3 Å². The molecule has 25 heavy (non-hydrogen) atoms. The second-order valence-electron chi connectivity index (χ2n) is 7.00. The van der Waals surface area contributed by atoms with E-state index in [2.05, 4.69) is 25.0 Å². The number of rotatable bonds is 8. The fourth-order valence-electron chi connectivity index (χ4n) is 3.52. The number of ether oxygens (including phenoxy) is 1. The topological polar surface area (TPSA) is 70.0 Å². The van der Waals surface area contributed by atoms with Gasteiger partial charge in [0.25, 0.3) is 0 Å². The summed E-state index contributed by atoms with van der Waals surface area (Å²) in [6.45, 7) is 12.0. The van der Waals surface area contributed by atoms with Crippen LogP contribution in [0.25, 0.3) is 0 Å². The van der Waals surface area contributed by atoms with Gasteiger partial charge < -0.3 is 19.8 Å². The molecule has 0 spiro atoms. The smallest absolute Gasteiger partial charge is 0.307 e. The van der Waals surface area contributed by atoms with Crippen molar-refractivity contribution in [3.8, 4) is 0 Å². The van der Waals surface area contributed by atoms with E-state index in [1.807, 2.05) is 0 Å². The highest BCUT2D eigenvalue weighted by Crippen LogP contribution is 2.39. The van der Waals surface area contributed by atoms with Crippen LogP contribution in [0.1, 0.15) is 26.2 Å². The Labute approximate surface area is 150 Å². The van der Waals surface area contributed by atoms with Gasteiger partial charge in [-0.3, -0.25) is 4.79 Å². The Kier molecular flexibility index (Phi) is 6.88. The van der Waals surface area contributed by atoms with Crippen LogP contribution in [0.4, 0.5) is 0 Å². The molecule has 1 heterocycles. The average molecular weight is 347 g/mol. The van der Waals surface area contributed by atoms with Crippen LogP contribution >= 0.6 is 0 Å². The van der Waals surface area contributed by atoms with Crippen LogP contribution in [0.2, 0.25) is 0 Å². The number of allylic oxidation sites excluding steroid dienone is 2. The number of hydrogen-bond acceptors (Lipinski definition) is 4. The average Bonchev–Trinajstić information content (AvgIpc) is 2.69. The molecule has 1 saturated carbocycles. The van der Waals surface area contributed by atoms with E-state index in [0.29, 0.717) is 24.2 Å². The van der Waals surface area contributed by atoms with Crippen LogP contribution < -0.4 is 0 Å². The van der Waals surface area contributed by atoms with Gasteiger partial charge in [0.1, 0.15) is 5.76 Å². The Balaban J connectivity index is 2.17. The maximum absolute atomic E-state index is 10.7. The first-order valence-electron chi connectivity index (χ1n) is 8.89. The quantitative estimate of drug-likeness (QED) is 0.661. The highest BCUT2D eigenvalue weighted by molar-refractivity contribution is 5.68. The molecule has 1 aliphatic carbocycles. The van der Waals surface area contributed by atoms with Crippen molar-refractivity contribution in [1.82, 2.24) is 4.90 Å². The molecule has 5 nitrogen and oxygen atoms in total. The van der Waals surface area contributed by atoms with E-state index in [-0.39, 0.29) is 12.3 Å². The summed E-state index contributed by atoms with van der Waals surface area (Å²) in [7, 11) is 0. The van der Waals surface area contributed by atoms with Crippen molar-refractivity contribution in [1.29, 1.82) is 0 Å². The fraction of sp³-hybridized carbons (Fsp3) is 0.550. The number of aliphatic hydroxyl groups excluding tert-OH is 1. The third-order valence-electron chi connectivity index (χ3n) is 5.01. The molecule has 4 unspecified atom stereocenters. The predicted octanol–water partition coefficient (Wildman–Crippen LogP) is 2.96. The third kappa shape index (κ3) is 4.98. The van der Waals surface area contributed by atoms with Crippen molar-refractivity contribution in [2.24, 2.45) is 17.8 Å². The summed E-state index contributed by atoms with van der Waals surface area (Å²) in [5.41, 5.74) is 0.893. The molecule has 1 fully saturated rings. The summed E-state index contributed by atoms with van der Waals surface area (Å²) < 4.78 is 5.88. The first kappa shape index (κ1) is 19.3. The molecular formula is C20H29NO4. The number of hydrogen-bond donors (Lipinski definition) is 2. The molecule has 2 rings (SSSR count). The molecule has 138 valence electrons. The molecular weight excluding hydrogens is 318 g/mol. The maximum atomic E-state index is 10.7. The first-order valence-corrected chi connectivity index (χ1v) is 8.89. The Hall–Kier alpha value is -2.01. The molecule has 0 bridgehead atoms. The second kappa shape index (κ2) is 8.90. The summed E-state index contributed by atoms with van der Waals surface area (Å²) in [5, 5.41) is 18.9. The van der Waals surface area contributed by atoms with Gasteiger partial charge in [-0.15, -0.1) is 6.58 Å². The van der Waals surface area contributed by atoms with Gasteiger partial charge in [0.05, 0.1) is 24.8 Å². The number of carboxylic acids is 1. The summed E-state index contributed by atoms with van der Waals surface area (Å²) in [6.07, 6.45) is 8.35. The SMILES string of the molecule is C=CC1=C(/C=C\CC(=O)O)OCC(C)CN1CC1CCC1C(O)C=C. The molecule has 0 aromatic heterocycles. The molecule has 0 aromatic rings. The normalized spacial score (nSPS) is 28.1. The van der Waals surface area contributed by atoms with Gasteiger partial charge in [-0.2, -0.15) is 0 Å². The molecule has 1 aliphatic heterocycles. The van der Waals surface area contributed by atoms with Crippen LogP contribution in [0.3, 0.4) is 0 Å². The lowest BCUT2D eigenvalue weighted by atomic mass is 9.70. The standard InChI is InChI=1S/C20H29NO4/c1-4-17-19(7-6-8-20(23)24)25-13-14(3)11-21(17)12-15-9-10-16(15)18(22)5-2/h4-7,14-16,18,22H,1-2,8-13H2,3H3,(H,23,24)/b7-6-. The number of carbonyl (C=O) groups is 1. The molecule has 0 amide bonds. The van der Waals surface area contributed by atoms with Gasteiger partial charge in [0, 0.05) is 19.0 Å². The summed E-state index contributed by atoms with van der Waals surface area (Å²) in [5.74, 6) is 0.821. The Morgan fingerprint density at radius 3 is 2.76 bits per heavy atom. The predicted molar refractivity (Wildman–Crippen MR) is 97.7 cm³/mol. The van der Waals surface area contributed by atoms with Gasteiger partial charge in [-0.05, 0) is 36.8 Å². The highest BCUT2D eigenvalue weighted by Gasteiger charge is 2.37. The third-order valence-corrected chi connectivity index (χ3v) is 5.01. The van der Waals surface area contributed by atoms with E-state index in [9.17, 15) is 9.90 Å². The van der Waals surface area contributed by atoms with Gasteiger partial charge in [0.15, 0.2) is 0 Å². The first-order chi connectivity index (χ1) is 12.0. The number of nitrogens with zero attached hydrogens (tertiary/aromatic N) is 1. The summed E-state index contributed by atoms with van der Waals surface area (Å²) >= 11 is 0. The van der Waals surface area contributed by atoms with E-state index in [4.69, 9.17) is 9.84 Å². The van der Waals surface area contributed by atoms with Crippen LogP contribution in [-0.4, -0.2) is 46.9 Å². The van der Waals surface area contributed by atoms with E-state index >= 15 is 0 Å². The van der Waals surface area contributed by atoms with Crippen molar-refractivity contribution >= 4 is 5.97 Å². The Morgan fingerprint density at radius 2 is 2.20 bits per heavy atom. The highest BCUT2D eigenvalue weighted by atomic mass is 16.5. The minimum atomic E-state index is -0.869. The summed E-state index contributed by atoms with van der Waals surface area (Å²) in [4.78, 5) is 13.0. The van der Waals surface area contributed by atoms with Gasteiger partial charge >= 0.3 is 5.97 Å². The van der Waals surface area contributed by atoms with Crippen LogP contribution in [-0.2, 0) is 9.53 Å². The molecule has 2 N–H and O–H groups in total. The van der Waals surface area contributed by atoms with Gasteiger partial charge in [-0.25, -0.2) is 0 Å². The zero-order valence-electron chi connectivity index (χ0n) is 14.9. The number of aliphatic hydroxyl groups is 1. The van der Waals surface area contributed by atoms with E-state index in [1.54, 1.807) is 24.3 Å². The minimum Gasteiger partial charge on any atom is -0.491 e. The van der Waals surface area contributed by atoms with Gasteiger partial charge in [-0.1, -0.05) is 25.7 Å². The maximum Gasteiger partial charge on any atom is 0.307 e. The lowest BCUT2D eigenvalue weighted by molar-refractivity contribution is -0.136. The van der Waals surface area contributed by atoms with Crippen LogP contribution in [0, 0.1) is 17.8 Å². The van der Waals surface area contributed by atoms with E-state index in [1.165, 1.54) is 0 Å². The fourth-order valence-corrected chi connectivity index (χ4v) is 3.52. The lowest BCUT2D eigenvalue weighted by Crippen LogP contribution is -2.43. The van der Waals surface area contributed by atoms with E-state index < -0.39 is 12.1 Å². The molecule has 0 radical (unpaired) electrons. The lowest BCUT2D eigenvalue weighted by Gasteiger charge is -2.42. The van der Waals surface area contributed by atoms with Crippen LogP contribution in [0.5, 0.6) is 0 Å². The molecule has 0 aromatic carbocycles. The summed E-state index contributed by atoms with van der Waals surface area (Å²) in [6, 6.07) is 0. The molecule has 5 heteroatoms. The zero-order chi connectivity index (χ0) is 18.4. The largest absolute Gasteiger partial charge is 0.491 e. The van der Waals surface area contributed by atoms with Crippen molar-refractivity contribution < 1.29 is 19.7 Å². The van der Waals surface area contributed by atoms with E-state index in [0.717, 1.165) is 31.6 Å². The second-order valence-corrected chi connectivity index (χ2v) is 7.00. The Bertz CT molecular complexity index is 566. The van der Waals surface area contributed by atoms with Crippen molar-refractivity contribution in [2.75, 3.05) is 19.7 Å². The molecule has 0 saturated heterocycles. The number of carboxylic acid groups (broad SMARTS) is 1.